The molecule has 25 heavy (non-hydrogen) atoms. The summed E-state index contributed by atoms with van der Waals surface area (Å²) in [6.07, 6.45) is 4.40. The number of carbonyl (C=O) groups excluding carboxylic acids is 3. The number of aromatic nitrogens is 3. The van der Waals surface area contributed by atoms with Crippen LogP contribution in [0.15, 0.2) is 30.7 Å². The molecule has 1 aliphatic heterocycles. The topological polar surface area (TPSA) is 114 Å². The highest BCUT2D eigenvalue weighted by Crippen LogP contribution is 2.17. The van der Waals surface area contributed by atoms with Gasteiger partial charge in [-0.1, -0.05) is 0 Å². The molecule has 3 heterocycles. The fourth-order valence-corrected chi connectivity index (χ4v) is 2.60. The maximum Gasteiger partial charge on any atom is 0.295 e. The number of rotatable bonds is 4. The van der Waals surface area contributed by atoms with Crippen LogP contribution >= 0.6 is 0 Å². The summed E-state index contributed by atoms with van der Waals surface area (Å²) in [5.74, 6) is -1.26. The number of nitrogens with zero attached hydrogens (tertiary/aromatic N) is 5. The van der Waals surface area contributed by atoms with Gasteiger partial charge in [-0.3, -0.25) is 19.1 Å². The van der Waals surface area contributed by atoms with E-state index < -0.39 is 11.7 Å². The summed E-state index contributed by atoms with van der Waals surface area (Å²) in [7, 11) is 0. The van der Waals surface area contributed by atoms with Crippen LogP contribution in [0.3, 0.4) is 0 Å². The first-order chi connectivity index (χ1) is 12.0. The summed E-state index contributed by atoms with van der Waals surface area (Å²) in [5, 5.41) is 3.99. The number of piperazine rings is 1. The fraction of sp³-hybridized carbons (Fsp3) is 0.312. The quantitative estimate of drug-likeness (QED) is 0.615. The minimum absolute atomic E-state index is 0.156. The van der Waals surface area contributed by atoms with Gasteiger partial charge in [0.1, 0.15) is 12.4 Å². The Morgan fingerprint density at radius 1 is 1.24 bits per heavy atom. The average Bonchev–Trinajstić information content (AvgIpc) is 3.10. The van der Waals surface area contributed by atoms with Crippen LogP contribution in [-0.4, -0.2) is 56.9 Å². The summed E-state index contributed by atoms with van der Waals surface area (Å²) in [6, 6.07) is 3.30. The summed E-state index contributed by atoms with van der Waals surface area (Å²) < 4.78 is 1.57. The van der Waals surface area contributed by atoms with Gasteiger partial charge in [-0.25, -0.2) is 4.98 Å². The molecule has 1 fully saturated rings. The number of pyridine rings is 1. The SMILES string of the molecule is CCn1cc(C(=O)C(=O)N2CCN(c3ccc(N)nc3)C(=O)C2)cn1. The van der Waals surface area contributed by atoms with Crippen LogP contribution in [0.5, 0.6) is 0 Å². The largest absolute Gasteiger partial charge is 0.384 e. The Bertz CT molecular complexity index is 814. The van der Waals surface area contributed by atoms with Crippen LogP contribution in [-0.2, 0) is 16.1 Å². The molecule has 130 valence electrons. The van der Waals surface area contributed by atoms with E-state index in [2.05, 4.69) is 10.1 Å². The monoisotopic (exact) mass is 342 g/mol. The average molecular weight is 342 g/mol. The molecule has 0 aromatic carbocycles. The van der Waals surface area contributed by atoms with Crippen molar-refractivity contribution in [2.24, 2.45) is 0 Å². The molecule has 0 aliphatic carbocycles. The lowest BCUT2D eigenvalue weighted by Gasteiger charge is -2.33. The van der Waals surface area contributed by atoms with Gasteiger partial charge in [-0.05, 0) is 19.1 Å². The Labute approximate surface area is 144 Å². The molecule has 2 amide bonds. The Balaban J connectivity index is 1.67. The number of aryl methyl sites for hydroxylation is 1. The smallest absolute Gasteiger partial charge is 0.295 e. The van der Waals surface area contributed by atoms with Crippen LogP contribution in [0.25, 0.3) is 0 Å². The fourth-order valence-electron chi connectivity index (χ4n) is 2.60. The second-order valence-corrected chi connectivity index (χ2v) is 5.63. The van der Waals surface area contributed by atoms with E-state index in [0.717, 1.165) is 0 Å². The zero-order valence-corrected chi connectivity index (χ0v) is 13.8. The predicted octanol–water partition coefficient (Wildman–Crippen LogP) is -0.0617. The number of carbonyl (C=O) groups is 3. The van der Waals surface area contributed by atoms with Gasteiger partial charge in [0.25, 0.3) is 11.7 Å². The van der Waals surface area contributed by atoms with Gasteiger partial charge in [0.2, 0.25) is 5.91 Å². The molecule has 0 unspecified atom stereocenters. The Morgan fingerprint density at radius 3 is 2.64 bits per heavy atom. The van der Waals surface area contributed by atoms with Crippen molar-refractivity contribution in [2.45, 2.75) is 13.5 Å². The van der Waals surface area contributed by atoms with Crippen molar-refractivity contribution < 1.29 is 14.4 Å². The molecule has 1 aliphatic rings. The summed E-state index contributed by atoms with van der Waals surface area (Å²) >= 11 is 0. The van der Waals surface area contributed by atoms with E-state index in [-0.39, 0.29) is 31.1 Å². The van der Waals surface area contributed by atoms with Crippen molar-refractivity contribution in [1.82, 2.24) is 19.7 Å². The van der Waals surface area contributed by atoms with Crippen LogP contribution < -0.4 is 10.6 Å². The minimum Gasteiger partial charge on any atom is -0.384 e. The van der Waals surface area contributed by atoms with Gasteiger partial charge in [-0.15, -0.1) is 0 Å². The van der Waals surface area contributed by atoms with Crippen LogP contribution in [0, 0.1) is 0 Å². The molecular weight excluding hydrogens is 324 g/mol. The molecule has 0 atom stereocenters. The maximum atomic E-state index is 12.4. The zero-order chi connectivity index (χ0) is 18.0. The van der Waals surface area contributed by atoms with Crippen molar-refractivity contribution in [3.63, 3.8) is 0 Å². The van der Waals surface area contributed by atoms with Gasteiger partial charge in [0.05, 0.1) is 23.6 Å². The van der Waals surface area contributed by atoms with Crippen molar-refractivity contribution in [3.05, 3.63) is 36.3 Å². The normalized spacial score (nSPS) is 14.7. The number of anilines is 2. The molecule has 3 rings (SSSR count). The highest BCUT2D eigenvalue weighted by Gasteiger charge is 2.32. The molecule has 0 saturated carbocycles. The van der Waals surface area contributed by atoms with E-state index >= 15 is 0 Å². The number of nitrogen functional groups attached to an aromatic ring is 1. The Morgan fingerprint density at radius 2 is 2.04 bits per heavy atom. The van der Waals surface area contributed by atoms with E-state index in [0.29, 0.717) is 18.1 Å². The first-order valence-electron chi connectivity index (χ1n) is 7.87. The zero-order valence-electron chi connectivity index (χ0n) is 13.8. The van der Waals surface area contributed by atoms with Crippen molar-refractivity contribution in [2.75, 3.05) is 30.3 Å². The van der Waals surface area contributed by atoms with Crippen LogP contribution in [0.2, 0.25) is 0 Å². The van der Waals surface area contributed by atoms with Gasteiger partial charge < -0.3 is 15.5 Å². The lowest BCUT2D eigenvalue weighted by atomic mass is 10.2. The second kappa shape index (κ2) is 6.71. The highest BCUT2D eigenvalue weighted by molar-refractivity contribution is 6.43. The molecular formula is C16H18N6O3. The van der Waals surface area contributed by atoms with Crippen molar-refractivity contribution in [3.8, 4) is 0 Å². The third-order valence-electron chi connectivity index (χ3n) is 4.00. The molecule has 2 aromatic rings. The third-order valence-corrected chi connectivity index (χ3v) is 4.00. The Hall–Kier alpha value is -3.23. The molecule has 2 N–H and O–H groups in total. The number of ketones is 1. The van der Waals surface area contributed by atoms with Gasteiger partial charge in [-0.2, -0.15) is 5.10 Å². The van der Waals surface area contributed by atoms with Crippen molar-refractivity contribution >= 4 is 29.1 Å². The van der Waals surface area contributed by atoms with Gasteiger partial charge in [0, 0.05) is 25.8 Å². The van der Waals surface area contributed by atoms with Crippen molar-refractivity contribution in [1.29, 1.82) is 0 Å². The van der Waals surface area contributed by atoms with E-state index in [1.165, 1.54) is 28.4 Å². The summed E-state index contributed by atoms with van der Waals surface area (Å²) in [5.41, 5.74) is 6.38. The van der Waals surface area contributed by atoms with Crippen LogP contribution in [0.1, 0.15) is 17.3 Å². The Kier molecular flexibility index (Phi) is 4.46. The predicted molar refractivity (Wildman–Crippen MR) is 89.8 cm³/mol. The van der Waals surface area contributed by atoms with Crippen LogP contribution in [0.4, 0.5) is 11.5 Å². The number of hydrogen-bond acceptors (Lipinski definition) is 6. The molecule has 0 bridgehead atoms. The number of nitrogens with two attached hydrogens (primary N) is 1. The van der Waals surface area contributed by atoms with E-state index in [1.807, 2.05) is 6.92 Å². The van der Waals surface area contributed by atoms with Gasteiger partial charge in [0.15, 0.2) is 0 Å². The van der Waals surface area contributed by atoms with Gasteiger partial charge >= 0.3 is 0 Å². The molecule has 0 spiro atoms. The van der Waals surface area contributed by atoms with E-state index in [1.54, 1.807) is 16.8 Å². The lowest BCUT2D eigenvalue weighted by Crippen LogP contribution is -2.53. The molecule has 9 nitrogen and oxygen atoms in total. The highest BCUT2D eigenvalue weighted by atomic mass is 16.2. The summed E-state index contributed by atoms with van der Waals surface area (Å²) in [6.45, 7) is 2.89. The standard InChI is InChI=1S/C16H18N6O3/c1-2-21-9-11(7-19-21)15(24)16(25)20-5-6-22(14(23)10-20)12-3-4-13(17)18-8-12/h3-4,7-9H,2,5-6,10H2,1H3,(H2,17,18). The minimum atomic E-state index is -0.695. The number of hydrogen-bond donors (Lipinski definition) is 1. The number of Topliss-reactive ketones (excluding diaryl/α,β-unsaturated/α-hetero) is 1. The third kappa shape index (κ3) is 3.35. The molecule has 9 heteroatoms. The van der Waals surface area contributed by atoms with E-state index in [9.17, 15) is 14.4 Å². The second-order valence-electron chi connectivity index (χ2n) is 5.63. The number of amides is 2. The molecule has 1 saturated heterocycles. The van der Waals surface area contributed by atoms with E-state index in [4.69, 9.17) is 5.73 Å². The first-order valence-corrected chi connectivity index (χ1v) is 7.87. The molecule has 2 aromatic heterocycles. The maximum absolute atomic E-state index is 12.4. The lowest BCUT2D eigenvalue weighted by molar-refractivity contribution is -0.133. The first kappa shape index (κ1) is 16.6. The molecule has 0 radical (unpaired) electrons. The summed E-state index contributed by atoms with van der Waals surface area (Å²) in [4.78, 5) is 43.7.